The lowest BCUT2D eigenvalue weighted by molar-refractivity contribution is -0.172. The summed E-state index contributed by atoms with van der Waals surface area (Å²) < 4.78 is 21.5. The minimum Gasteiger partial charge on any atom is -0.458 e. The summed E-state index contributed by atoms with van der Waals surface area (Å²) in [6, 6.07) is 4.74. The third-order valence-electron chi connectivity index (χ3n) is 11.0. The number of pyridine rings is 2. The first-order chi connectivity index (χ1) is 31.1. The van der Waals surface area contributed by atoms with Crippen molar-refractivity contribution in [3.05, 3.63) is 74.3 Å². The molecule has 3 aromatic rings. The zero-order valence-electron chi connectivity index (χ0n) is 35.8. The standard InChI is InChI=1S/C43H49FN8O11S2/c1-3-43(62)29-14-32-40-26(20-52(32)41(60)27(29)21-63-42(43)61)28(25-13-24(2)30(44)15-31(25)50-40)22-64-11-12-65-23-49-37(57)19-48-36(56)18-47-35(55)17-46-34(54)16-45-33(53)7-5-4-6-10-51-38(58)8-9-39(51)59/h8-9,13-15,62H,3-7,10-12,16-23H2,1-2H3,(H,45,53)(H,46,54)(H,47,55)(H,48,56)(H,49,57). The van der Waals surface area contributed by atoms with Crippen LogP contribution in [0.25, 0.3) is 22.3 Å². The van der Waals surface area contributed by atoms with Gasteiger partial charge in [0.25, 0.3) is 17.4 Å². The molecule has 0 saturated carbocycles. The lowest BCUT2D eigenvalue weighted by atomic mass is 9.86. The Balaban J connectivity index is 0.858. The molecule has 6 rings (SSSR count). The van der Waals surface area contributed by atoms with Gasteiger partial charge in [-0.3, -0.25) is 43.3 Å². The number of nitrogens with zero attached hydrogens (tertiary/aromatic N) is 3. The van der Waals surface area contributed by atoms with E-state index in [-0.39, 0.29) is 85.9 Å². The molecule has 2 aromatic heterocycles. The number of halogens is 1. The Morgan fingerprint density at radius 1 is 0.815 bits per heavy atom. The molecule has 0 saturated heterocycles. The molecule has 22 heteroatoms. The average Bonchev–Trinajstić information content (AvgIpc) is 3.82. The van der Waals surface area contributed by atoms with E-state index < -0.39 is 54.1 Å². The molecule has 346 valence electrons. The second-order valence-corrected chi connectivity index (χ2v) is 17.6. The van der Waals surface area contributed by atoms with Crippen molar-refractivity contribution in [3.8, 4) is 11.4 Å². The lowest BCUT2D eigenvalue weighted by Crippen LogP contribution is -2.45. The fourth-order valence-corrected chi connectivity index (χ4v) is 9.42. The normalized spacial score (nSPS) is 15.9. The number of benzene rings is 1. The summed E-state index contributed by atoms with van der Waals surface area (Å²) in [4.78, 5) is 116. The maximum atomic E-state index is 14.8. The molecule has 0 spiro atoms. The number of thioether (sulfide) groups is 2. The summed E-state index contributed by atoms with van der Waals surface area (Å²) in [7, 11) is 0. The number of aromatic nitrogens is 2. The van der Waals surface area contributed by atoms with Gasteiger partial charge in [-0.05, 0) is 49.4 Å². The Morgan fingerprint density at radius 2 is 1.43 bits per heavy atom. The van der Waals surface area contributed by atoms with Gasteiger partial charge in [-0.1, -0.05) is 13.3 Å². The number of amides is 7. The number of hydrogen-bond acceptors (Lipinski definition) is 14. The van der Waals surface area contributed by atoms with Crippen molar-refractivity contribution in [2.75, 3.05) is 50.1 Å². The zero-order valence-corrected chi connectivity index (χ0v) is 37.4. The first-order valence-corrected chi connectivity index (χ1v) is 23.2. The number of ether oxygens (including phenoxy) is 1. The number of cyclic esters (lactones) is 1. The van der Waals surface area contributed by atoms with Crippen molar-refractivity contribution in [2.45, 2.75) is 70.5 Å². The van der Waals surface area contributed by atoms with Crippen LogP contribution in [0.5, 0.6) is 0 Å². The SMILES string of the molecule is CCC1(O)C(=O)OCc2c1cc1n(c2=O)Cc2c-1nc1cc(F)c(C)cc1c2CSCCSCNC(=O)CNC(=O)CNC(=O)CNC(=O)CNC(=O)CCCCCN1C(=O)C=CC1=O. The minimum atomic E-state index is -1.98. The van der Waals surface area contributed by atoms with Crippen molar-refractivity contribution in [1.82, 2.24) is 41.0 Å². The van der Waals surface area contributed by atoms with Gasteiger partial charge in [0.05, 0.1) is 61.1 Å². The van der Waals surface area contributed by atoms with Crippen LogP contribution in [-0.4, -0.2) is 117 Å². The number of imide groups is 1. The van der Waals surface area contributed by atoms with Crippen LogP contribution in [0.2, 0.25) is 0 Å². The Bertz CT molecular complexity index is 2510. The summed E-state index contributed by atoms with van der Waals surface area (Å²) in [6.07, 6.45) is 4.20. The molecular weight excluding hydrogens is 888 g/mol. The molecule has 1 atom stereocenters. The van der Waals surface area contributed by atoms with E-state index in [9.17, 15) is 52.6 Å². The first kappa shape index (κ1) is 48.3. The number of hydrogen-bond donors (Lipinski definition) is 6. The van der Waals surface area contributed by atoms with Gasteiger partial charge < -0.3 is 41.0 Å². The maximum Gasteiger partial charge on any atom is 0.343 e. The number of aryl methyl sites for hydroxylation is 1. The number of carbonyl (C=O) groups is 8. The van der Waals surface area contributed by atoms with Gasteiger partial charge in [0.15, 0.2) is 5.60 Å². The second-order valence-electron chi connectivity index (χ2n) is 15.4. The Morgan fingerprint density at radius 3 is 2.08 bits per heavy atom. The van der Waals surface area contributed by atoms with E-state index in [2.05, 4.69) is 26.6 Å². The highest BCUT2D eigenvalue weighted by atomic mass is 32.2. The number of aliphatic hydroxyl groups is 1. The number of esters is 1. The first-order valence-electron chi connectivity index (χ1n) is 20.9. The molecule has 6 N–H and O–H groups in total. The Labute approximate surface area is 380 Å². The van der Waals surface area contributed by atoms with E-state index in [0.717, 1.165) is 21.4 Å². The minimum absolute atomic E-state index is 0.00476. The average molecular weight is 937 g/mol. The van der Waals surface area contributed by atoms with Crippen molar-refractivity contribution >= 4 is 81.7 Å². The summed E-state index contributed by atoms with van der Waals surface area (Å²) in [6.45, 7) is 1.96. The number of nitrogens with one attached hydrogen (secondary N) is 5. The Kier molecular flexibility index (Phi) is 16.1. The van der Waals surface area contributed by atoms with Gasteiger partial charge >= 0.3 is 5.97 Å². The van der Waals surface area contributed by atoms with Gasteiger partial charge in [0, 0.05) is 65.0 Å². The third-order valence-corrected chi connectivity index (χ3v) is 13.1. The van der Waals surface area contributed by atoms with Crippen LogP contribution in [0.3, 0.4) is 0 Å². The van der Waals surface area contributed by atoms with E-state index in [0.29, 0.717) is 59.0 Å². The summed E-state index contributed by atoms with van der Waals surface area (Å²) in [5, 5.41) is 24.2. The smallest absolute Gasteiger partial charge is 0.343 e. The molecule has 0 bridgehead atoms. The largest absolute Gasteiger partial charge is 0.458 e. The Hall–Kier alpha value is -6.13. The monoisotopic (exact) mass is 936 g/mol. The third kappa shape index (κ3) is 11.6. The molecular formula is C43H49FN8O11S2. The van der Waals surface area contributed by atoms with Gasteiger partial charge in [-0.15, -0.1) is 11.8 Å². The van der Waals surface area contributed by atoms with E-state index >= 15 is 0 Å². The lowest BCUT2D eigenvalue weighted by Gasteiger charge is -2.31. The van der Waals surface area contributed by atoms with Crippen LogP contribution in [-0.2, 0) is 67.6 Å². The predicted molar refractivity (Wildman–Crippen MR) is 237 cm³/mol. The van der Waals surface area contributed by atoms with Crippen LogP contribution in [0.15, 0.2) is 35.1 Å². The van der Waals surface area contributed by atoms with Gasteiger partial charge in [-0.25, -0.2) is 14.2 Å². The molecule has 65 heavy (non-hydrogen) atoms. The number of fused-ring (bicyclic) bond motifs is 5. The molecule has 3 aliphatic heterocycles. The van der Waals surface area contributed by atoms with Crippen molar-refractivity contribution < 1.29 is 52.6 Å². The highest BCUT2D eigenvalue weighted by Crippen LogP contribution is 2.41. The summed E-state index contributed by atoms with van der Waals surface area (Å²) in [5.74, 6) is -2.59. The number of carbonyl (C=O) groups excluding carboxylic acids is 8. The molecule has 1 unspecified atom stereocenters. The van der Waals surface area contributed by atoms with Crippen LogP contribution >= 0.6 is 23.5 Å². The zero-order chi connectivity index (χ0) is 46.8. The van der Waals surface area contributed by atoms with E-state index in [1.165, 1.54) is 30.0 Å². The van der Waals surface area contributed by atoms with Crippen LogP contribution < -0.4 is 32.1 Å². The molecule has 3 aliphatic rings. The van der Waals surface area contributed by atoms with E-state index in [1.54, 1.807) is 42.3 Å². The van der Waals surface area contributed by atoms with Crippen molar-refractivity contribution in [3.63, 3.8) is 0 Å². The fraction of sp³-hybridized carbons (Fsp3) is 0.442. The molecule has 19 nitrogen and oxygen atoms in total. The van der Waals surface area contributed by atoms with Gasteiger partial charge in [-0.2, -0.15) is 11.8 Å². The predicted octanol–water partition coefficient (Wildman–Crippen LogP) is 0.517. The topological polar surface area (TPSA) is 264 Å². The van der Waals surface area contributed by atoms with E-state index in [1.807, 2.05) is 0 Å². The van der Waals surface area contributed by atoms with Crippen molar-refractivity contribution in [1.29, 1.82) is 0 Å². The van der Waals surface area contributed by atoms with Crippen LogP contribution in [0, 0.1) is 12.7 Å². The summed E-state index contributed by atoms with van der Waals surface area (Å²) in [5.41, 5.74) is 1.50. The second kappa shape index (κ2) is 21.7. The van der Waals surface area contributed by atoms with Gasteiger partial charge in [0.1, 0.15) is 12.4 Å². The highest BCUT2D eigenvalue weighted by Gasteiger charge is 2.45. The molecule has 0 aliphatic carbocycles. The van der Waals surface area contributed by atoms with Crippen molar-refractivity contribution in [2.24, 2.45) is 0 Å². The molecule has 0 fully saturated rings. The van der Waals surface area contributed by atoms with Gasteiger partial charge in [0.2, 0.25) is 29.5 Å². The fourth-order valence-electron chi connectivity index (χ4n) is 7.39. The molecule has 1 aromatic carbocycles. The van der Waals surface area contributed by atoms with Crippen LogP contribution in [0.4, 0.5) is 4.39 Å². The summed E-state index contributed by atoms with van der Waals surface area (Å²) >= 11 is 3.07. The highest BCUT2D eigenvalue weighted by molar-refractivity contribution is 8.02. The molecule has 7 amide bonds. The van der Waals surface area contributed by atoms with Crippen LogP contribution in [0.1, 0.15) is 66.8 Å². The van der Waals surface area contributed by atoms with E-state index in [4.69, 9.17) is 9.72 Å². The number of rotatable bonds is 22. The quantitative estimate of drug-likeness (QED) is 0.0272. The molecule has 0 radical (unpaired) electrons. The number of unbranched alkanes of at least 4 members (excludes halogenated alkanes) is 2. The molecule has 5 heterocycles. The maximum absolute atomic E-state index is 14.8.